The zero-order chi connectivity index (χ0) is 15.8. The molecule has 0 spiro atoms. The zero-order valence-corrected chi connectivity index (χ0v) is 13.2. The first-order valence-electron chi connectivity index (χ1n) is 6.94. The Hall–Kier alpha value is -2.01. The van der Waals surface area contributed by atoms with Crippen LogP contribution in [0.4, 0.5) is 4.39 Å². The van der Waals surface area contributed by atoms with Gasteiger partial charge in [-0.25, -0.2) is 4.39 Å². The van der Waals surface area contributed by atoms with Gasteiger partial charge in [0.05, 0.1) is 7.11 Å². The molecule has 5 heteroatoms. The number of nitrogens with one attached hydrogen (secondary N) is 1. The summed E-state index contributed by atoms with van der Waals surface area (Å²) < 4.78 is 18.4. The zero-order valence-electron chi connectivity index (χ0n) is 12.3. The molecule has 0 fully saturated rings. The molecule has 0 aliphatic carbocycles. The molecule has 0 heterocycles. The highest BCUT2D eigenvalue weighted by Gasteiger charge is 2.09. The minimum absolute atomic E-state index is 0.134. The van der Waals surface area contributed by atoms with Crippen molar-refractivity contribution in [2.24, 2.45) is 0 Å². The Balaban J connectivity index is 1.72. The number of halogens is 1. The summed E-state index contributed by atoms with van der Waals surface area (Å²) >= 11 is 1.74. The summed E-state index contributed by atoms with van der Waals surface area (Å²) in [4.78, 5) is 11.9. The van der Waals surface area contributed by atoms with Crippen molar-refractivity contribution in [3.8, 4) is 5.75 Å². The molecule has 0 aliphatic heterocycles. The summed E-state index contributed by atoms with van der Waals surface area (Å²) in [6.45, 7) is 0.546. The van der Waals surface area contributed by atoms with Crippen LogP contribution in [0, 0.1) is 5.82 Å². The number of carbonyl (C=O) groups is 1. The highest BCUT2D eigenvalue weighted by Crippen LogP contribution is 2.17. The van der Waals surface area contributed by atoms with Gasteiger partial charge in [-0.05, 0) is 23.8 Å². The van der Waals surface area contributed by atoms with Gasteiger partial charge in [0, 0.05) is 23.6 Å². The number of ether oxygens (including phenoxy) is 1. The maximum absolute atomic E-state index is 13.5. The number of methoxy groups -OCH3 is 1. The topological polar surface area (TPSA) is 38.3 Å². The average molecular weight is 319 g/mol. The lowest BCUT2D eigenvalue weighted by Crippen LogP contribution is -2.25. The Morgan fingerprint density at radius 2 is 2.00 bits per heavy atom. The first-order valence-corrected chi connectivity index (χ1v) is 8.09. The number of rotatable bonds is 7. The normalized spacial score (nSPS) is 10.3. The fourth-order valence-electron chi connectivity index (χ4n) is 1.91. The third-order valence-electron chi connectivity index (χ3n) is 3.06. The Morgan fingerprint density at radius 1 is 1.23 bits per heavy atom. The van der Waals surface area contributed by atoms with Gasteiger partial charge in [-0.1, -0.05) is 30.3 Å². The predicted octanol–water partition coefficient (Wildman–Crippen LogP) is 3.50. The van der Waals surface area contributed by atoms with Crippen molar-refractivity contribution in [3.05, 3.63) is 65.5 Å². The minimum Gasteiger partial charge on any atom is -0.494 e. The van der Waals surface area contributed by atoms with Crippen molar-refractivity contribution in [1.29, 1.82) is 0 Å². The molecule has 116 valence electrons. The molecule has 22 heavy (non-hydrogen) atoms. The molecule has 0 saturated carbocycles. The second-order valence-corrected chi connectivity index (χ2v) is 5.75. The summed E-state index contributed by atoms with van der Waals surface area (Å²) in [5.41, 5.74) is 1.56. The molecule has 0 aliphatic rings. The third-order valence-corrected chi connectivity index (χ3v) is 4.09. The first-order chi connectivity index (χ1) is 10.7. The Bertz CT molecular complexity index is 619. The third kappa shape index (κ3) is 4.77. The van der Waals surface area contributed by atoms with E-state index in [9.17, 15) is 9.18 Å². The van der Waals surface area contributed by atoms with Crippen LogP contribution in [0.1, 0.15) is 15.9 Å². The maximum Gasteiger partial charge on any atom is 0.251 e. The van der Waals surface area contributed by atoms with Crippen molar-refractivity contribution in [1.82, 2.24) is 5.32 Å². The number of hydrogen-bond donors (Lipinski definition) is 1. The van der Waals surface area contributed by atoms with E-state index in [0.29, 0.717) is 12.1 Å². The lowest BCUT2D eigenvalue weighted by molar-refractivity contribution is 0.0955. The number of benzene rings is 2. The van der Waals surface area contributed by atoms with E-state index in [1.54, 1.807) is 17.8 Å². The second-order valence-electron chi connectivity index (χ2n) is 4.64. The molecule has 0 radical (unpaired) electrons. The second kappa shape index (κ2) is 8.44. The Labute approximate surface area is 133 Å². The van der Waals surface area contributed by atoms with Gasteiger partial charge in [0.1, 0.15) is 0 Å². The van der Waals surface area contributed by atoms with Crippen LogP contribution in [-0.4, -0.2) is 25.3 Å². The van der Waals surface area contributed by atoms with Crippen LogP contribution in [0.2, 0.25) is 0 Å². The van der Waals surface area contributed by atoms with E-state index in [-0.39, 0.29) is 11.7 Å². The standard InChI is InChI=1S/C17H18FNO2S/c1-21-16-8-7-14(11-15(16)18)17(20)19-9-10-22-12-13-5-3-2-4-6-13/h2-8,11H,9-10,12H2,1H3,(H,19,20). The molecular weight excluding hydrogens is 301 g/mol. The van der Waals surface area contributed by atoms with Gasteiger partial charge in [-0.15, -0.1) is 0 Å². The molecule has 0 unspecified atom stereocenters. The average Bonchev–Trinajstić information content (AvgIpc) is 2.55. The van der Waals surface area contributed by atoms with Crippen LogP contribution >= 0.6 is 11.8 Å². The van der Waals surface area contributed by atoms with E-state index in [1.165, 1.54) is 24.8 Å². The molecule has 0 saturated heterocycles. The van der Waals surface area contributed by atoms with Crippen LogP contribution in [0.25, 0.3) is 0 Å². The van der Waals surface area contributed by atoms with Crippen molar-refractivity contribution in [2.75, 3.05) is 19.4 Å². The summed E-state index contributed by atoms with van der Waals surface area (Å²) in [5, 5.41) is 2.78. The van der Waals surface area contributed by atoms with E-state index in [1.807, 2.05) is 18.2 Å². The van der Waals surface area contributed by atoms with Crippen molar-refractivity contribution >= 4 is 17.7 Å². The summed E-state index contributed by atoms with van der Waals surface area (Å²) in [5.74, 6) is 1.04. The van der Waals surface area contributed by atoms with Crippen LogP contribution < -0.4 is 10.1 Å². The number of thioether (sulfide) groups is 1. The van der Waals surface area contributed by atoms with E-state index < -0.39 is 5.82 Å². The summed E-state index contributed by atoms with van der Waals surface area (Å²) in [6, 6.07) is 14.3. The van der Waals surface area contributed by atoms with Gasteiger partial charge in [0.2, 0.25) is 0 Å². The van der Waals surface area contributed by atoms with E-state index >= 15 is 0 Å². The Kier molecular flexibility index (Phi) is 6.27. The van der Waals surface area contributed by atoms with Crippen molar-refractivity contribution in [2.45, 2.75) is 5.75 Å². The lowest BCUT2D eigenvalue weighted by Gasteiger charge is -2.07. The van der Waals surface area contributed by atoms with Gasteiger partial charge >= 0.3 is 0 Å². The molecule has 2 aromatic rings. The molecule has 0 aromatic heterocycles. The summed E-state index contributed by atoms with van der Waals surface area (Å²) in [6.07, 6.45) is 0. The Morgan fingerprint density at radius 3 is 2.68 bits per heavy atom. The predicted molar refractivity (Wildman–Crippen MR) is 87.9 cm³/mol. The largest absolute Gasteiger partial charge is 0.494 e. The fraction of sp³-hybridized carbons (Fsp3) is 0.235. The van der Waals surface area contributed by atoms with Gasteiger partial charge in [0.25, 0.3) is 5.91 Å². The van der Waals surface area contributed by atoms with E-state index in [4.69, 9.17) is 4.74 Å². The van der Waals surface area contributed by atoms with Crippen molar-refractivity contribution in [3.63, 3.8) is 0 Å². The molecular formula is C17H18FNO2S. The van der Waals surface area contributed by atoms with Gasteiger partial charge in [-0.3, -0.25) is 4.79 Å². The van der Waals surface area contributed by atoms with Gasteiger partial charge < -0.3 is 10.1 Å². The van der Waals surface area contributed by atoms with Crippen molar-refractivity contribution < 1.29 is 13.9 Å². The monoisotopic (exact) mass is 319 g/mol. The SMILES string of the molecule is COc1ccc(C(=O)NCCSCc2ccccc2)cc1F. The molecule has 2 rings (SSSR count). The highest BCUT2D eigenvalue weighted by molar-refractivity contribution is 7.98. The molecule has 2 aromatic carbocycles. The molecule has 3 nitrogen and oxygen atoms in total. The molecule has 0 bridgehead atoms. The first kappa shape index (κ1) is 16.4. The maximum atomic E-state index is 13.5. The van der Waals surface area contributed by atoms with Crippen LogP contribution in [-0.2, 0) is 5.75 Å². The van der Waals surface area contributed by atoms with Crippen LogP contribution in [0.5, 0.6) is 5.75 Å². The molecule has 1 N–H and O–H groups in total. The minimum atomic E-state index is -0.534. The number of carbonyl (C=O) groups excluding carboxylic acids is 1. The van der Waals surface area contributed by atoms with E-state index in [2.05, 4.69) is 17.4 Å². The van der Waals surface area contributed by atoms with Crippen LogP contribution in [0.15, 0.2) is 48.5 Å². The van der Waals surface area contributed by atoms with Crippen LogP contribution in [0.3, 0.4) is 0 Å². The number of amides is 1. The highest BCUT2D eigenvalue weighted by atomic mass is 32.2. The van der Waals surface area contributed by atoms with Gasteiger partial charge in [0.15, 0.2) is 11.6 Å². The quantitative estimate of drug-likeness (QED) is 0.794. The fourth-order valence-corrected chi connectivity index (χ4v) is 2.73. The molecule has 0 atom stereocenters. The molecule has 1 amide bonds. The number of hydrogen-bond acceptors (Lipinski definition) is 3. The lowest BCUT2D eigenvalue weighted by atomic mass is 10.2. The van der Waals surface area contributed by atoms with Gasteiger partial charge in [-0.2, -0.15) is 11.8 Å². The van der Waals surface area contributed by atoms with E-state index in [0.717, 1.165) is 11.5 Å². The summed E-state index contributed by atoms with van der Waals surface area (Å²) in [7, 11) is 1.39. The smallest absolute Gasteiger partial charge is 0.251 e.